The van der Waals surface area contributed by atoms with Gasteiger partial charge in [-0.15, -0.1) is 5.48 Å². The van der Waals surface area contributed by atoms with Crippen LogP contribution in [-0.4, -0.2) is 55.8 Å². The van der Waals surface area contributed by atoms with Crippen LogP contribution in [0.1, 0.15) is 41.5 Å². The average Bonchev–Trinajstić information content (AvgIpc) is 2.18. The molecule has 0 saturated carbocycles. The first-order valence-corrected chi connectivity index (χ1v) is 7.21. The van der Waals surface area contributed by atoms with Gasteiger partial charge in [0, 0.05) is 0 Å². The van der Waals surface area contributed by atoms with Crippen molar-refractivity contribution < 1.29 is 23.6 Å². The lowest BCUT2D eigenvalue weighted by Gasteiger charge is -2.30. The second-order valence-electron chi connectivity index (χ2n) is 7.94. The van der Waals surface area contributed by atoms with Crippen molar-refractivity contribution in [1.29, 1.82) is 0 Å². The highest BCUT2D eigenvalue weighted by Gasteiger charge is 2.26. The minimum Gasteiger partial charge on any atom is -0.456 e. The van der Waals surface area contributed by atoms with Crippen molar-refractivity contribution in [2.24, 2.45) is 5.41 Å². The van der Waals surface area contributed by atoms with E-state index in [0.29, 0.717) is 17.6 Å². The number of likely N-dealkylation sites (N-methyl/N-ethyl adjacent to an activating group) is 1. The molecule has 0 atom stereocenters. The first kappa shape index (κ1) is 19.9. The van der Waals surface area contributed by atoms with Crippen molar-refractivity contribution in [3.05, 3.63) is 0 Å². The second-order valence-corrected chi connectivity index (χ2v) is 7.94. The molecule has 0 radical (unpaired) electrons. The summed E-state index contributed by atoms with van der Waals surface area (Å²) in [4.78, 5) is 28.3. The number of nitrogens with one attached hydrogen (secondary N) is 1. The Labute approximate surface area is 128 Å². The molecule has 1 N–H and O–H groups in total. The van der Waals surface area contributed by atoms with Crippen LogP contribution in [-0.2, 0) is 19.2 Å². The number of quaternary nitrogens is 1. The molecule has 0 fully saturated rings. The Kier molecular flexibility index (Phi) is 6.83. The first-order chi connectivity index (χ1) is 9.23. The fraction of sp³-hybridized carbons (Fsp3) is 0.867. The highest BCUT2D eigenvalue weighted by atomic mass is 16.7. The zero-order valence-electron chi connectivity index (χ0n) is 14.7. The summed E-state index contributed by atoms with van der Waals surface area (Å²) in [5.74, 6) is -0.542. The Bertz CT molecular complexity index is 365. The van der Waals surface area contributed by atoms with Gasteiger partial charge < -0.3 is 14.1 Å². The van der Waals surface area contributed by atoms with E-state index in [1.54, 1.807) is 20.8 Å². The van der Waals surface area contributed by atoms with Crippen molar-refractivity contribution in [2.45, 2.75) is 47.1 Å². The highest BCUT2D eigenvalue weighted by molar-refractivity contribution is 5.75. The molecule has 0 spiro atoms. The van der Waals surface area contributed by atoms with Gasteiger partial charge in [-0.3, -0.25) is 0 Å². The maximum absolute atomic E-state index is 11.8. The molecule has 0 aromatic heterocycles. The maximum atomic E-state index is 11.8. The number of nitrogens with zero attached hydrogens (tertiary/aromatic N) is 1. The molecule has 6 heteroatoms. The monoisotopic (exact) mass is 303 g/mol. The van der Waals surface area contributed by atoms with Crippen LogP contribution in [0, 0.1) is 5.41 Å². The summed E-state index contributed by atoms with van der Waals surface area (Å²) in [5.41, 5.74) is 1.64. The smallest absolute Gasteiger partial charge is 0.362 e. The molecule has 0 heterocycles. The van der Waals surface area contributed by atoms with Crippen LogP contribution in [0.25, 0.3) is 0 Å². The maximum Gasteiger partial charge on any atom is 0.362 e. The third-order valence-electron chi connectivity index (χ3n) is 2.57. The van der Waals surface area contributed by atoms with E-state index in [0.717, 1.165) is 0 Å². The van der Waals surface area contributed by atoms with Crippen LogP contribution in [0.15, 0.2) is 0 Å². The molecule has 0 rings (SSSR count). The molecular weight excluding hydrogens is 272 g/mol. The first-order valence-electron chi connectivity index (χ1n) is 7.21. The lowest BCUT2D eigenvalue weighted by atomic mass is 9.98. The van der Waals surface area contributed by atoms with Gasteiger partial charge in [0.25, 0.3) is 0 Å². The summed E-state index contributed by atoms with van der Waals surface area (Å²) in [6, 6.07) is 0. The molecular formula is C15H31N2O4+. The van der Waals surface area contributed by atoms with Crippen LogP contribution in [0.2, 0.25) is 0 Å². The third kappa shape index (κ3) is 10.3. The number of ether oxygens (including phenoxy) is 1. The summed E-state index contributed by atoms with van der Waals surface area (Å²) >= 11 is 0. The fourth-order valence-corrected chi connectivity index (χ4v) is 1.42. The predicted molar refractivity (Wildman–Crippen MR) is 81.2 cm³/mol. The molecule has 0 bridgehead atoms. The van der Waals surface area contributed by atoms with Crippen molar-refractivity contribution in [2.75, 3.05) is 33.7 Å². The lowest BCUT2D eigenvalue weighted by Crippen LogP contribution is -2.49. The quantitative estimate of drug-likeness (QED) is 0.349. The van der Waals surface area contributed by atoms with Gasteiger partial charge in [0.2, 0.25) is 0 Å². The van der Waals surface area contributed by atoms with Gasteiger partial charge in [-0.1, -0.05) is 0 Å². The van der Waals surface area contributed by atoms with Gasteiger partial charge >= 0.3 is 11.9 Å². The Morgan fingerprint density at radius 1 is 1.05 bits per heavy atom. The minimum absolute atomic E-state index is 0.237. The number of carbonyl (C=O) groups is 2. The van der Waals surface area contributed by atoms with Crippen molar-refractivity contribution in [3.8, 4) is 0 Å². The van der Waals surface area contributed by atoms with Gasteiger partial charge in [-0.2, -0.15) is 0 Å². The van der Waals surface area contributed by atoms with Crippen LogP contribution in [0.3, 0.4) is 0 Å². The van der Waals surface area contributed by atoms with Crippen molar-refractivity contribution in [1.82, 2.24) is 5.48 Å². The molecule has 0 aromatic rings. The number of hydrogen-bond donors (Lipinski definition) is 1. The van der Waals surface area contributed by atoms with Crippen LogP contribution < -0.4 is 5.48 Å². The van der Waals surface area contributed by atoms with E-state index in [1.165, 1.54) is 0 Å². The number of hydrogen-bond acceptors (Lipinski definition) is 5. The summed E-state index contributed by atoms with van der Waals surface area (Å²) in [5, 5.41) is 0. The number of hydroxylamine groups is 1. The van der Waals surface area contributed by atoms with Gasteiger partial charge in [-0.05, 0) is 41.5 Å². The molecule has 0 aliphatic carbocycles. The fourth-order valence-electron chi connectivity index (χ4n) is 1.42. The van der Waals surface area contributed by atoms with Crippen molar-refractivity contribution >= 4 is 11.9 Å². The van der Waals surface area contributed by atoms with E-state index >= 15 is 0 Å². The Balaban J connectivity index is 4.09. The largest absolute Gasteiger partial charge is 0.456 e. The highest BCUT2D eigenvalue weighted by Crippen LogP contribution is 2.14. The topological polar surface area (TPSA) is 64.6 Å². The standard InChI is InChI=1S/C15H31N2O4/c1-14(2,3)13(19)21-16-9-10-17(7,8)11-12(18)20-15(4,5)6/h16H,9-11H2,1-8H3/q+1. The second kappa shape index (κ2) is 7.22. The zero-order chi connectivity index (χ0) is 16.9. The van der Waals surface area contributed by atoms with Crippen LogP contribution >= 0.6 is 0 Å². The molecule has 6 nitrogen and oxygen atoms in total. The van der Waals surface area contributed by atoms with Crippen molar-refractivity contribution in [3.63, 3.8) is 0 Å². The Hall–Kier alpha value is -1.14. The SMILES string of the molecule is CC(C)(C)OC(=O)C[N+](C)(C)CCNOC(=O)C(C)(C)C. The summed E-state index contributed by atoms with van der Waals surface area (Å²) in [6.07, 6.45) is 0. The van der Waals surface area contributed by atoms with Gasteiger partial charge in [0.15, 0.2) is 6.54 Å². The minimum atomic E-state index is -0.534. The summed E-state index contributed by atoms with van der Waals surface area (Å²) in [6.45, 7) is 12.3. The number of rotatable bonds is 6. The molecule has 0 aliphatic heterocycles. The molecule has 0 aromatic carbocycles. The van der Waals surface area contributed by atoms with Crippen LogP contribution in [0.5, 0.6) is 0 Å². The molecule has 0 unspecified atom stereocenters. The summed E-state index contributed by atoms with van der Waals surface area (Å²) in [7, 11) is 3.86. The van der Waals surface area contributed by atoms with E-state index in [-0.39, 0.29) is 18.5 Å². The number of esters is 1. The van der Waals surface area contributed by atoms with Gasteiger partial charge in [0.05, 0.1) is 32.6 Å². The predicted octanol–water partition coefficient (Wildman–Crippen LogP) is 1.50. The normalized spacial score (nSPS) is 13.0. The molecule has 0 amide bonds. The third-order valence-corrected chi connectivity index (χ3v) is 2.57. The molecule has 124 valence electrons. The van der Waals surface area contributed by atoms with E-state index in [9.17, 15) is 9.59 Å². The van der Waals surface area contributed by atoms with Crippen LogP contribution in [0.4, 0.5) is 0 Å². The summed E-state index contributed by atoms with van der Waals surface area (Å²) < 4.78 is 5.76. The molecule has 0 aliphatic rings. The Morgan fingerprint density at radius 3 is 2.00 bits per heavy atom. The van der Waals surface area contributed by atoms with E-state index in [2.05, 4.69) is 5.48 Å². The van der Waals surface area contributed by atoms with E-state index in [1.807, 2.05) is 34.9 Å². The van der Waals surface area contributed by atoms with Gasteiger partial charge in [-0.25, -0.2) is 9.59 Å². The van der Waals surface area contributed by atoms with Gasteiger partial charge in [0.1, 0.15) is 5.60 Å². The molecule has 0 saturated heterocycles. The Morgan fingerprint density at radius 2 is 1.57 bits per heavy atom. The average molecular weight is 303 g/mol. The molecule has 21 heavy (non-hydrogen) atoms. The lowest BCUT2D eigenvalue weighted by molar-refractivity contribution is -0.882. The number of carbonyl (C=O) groups excluding carboxylic acids is 2. The zero-order valence-corrected chi connectivity index (χ0v) is 14.7. The van der Waals surface area contributed by atoms with E-state index < -0.39 is 11.0 Å². The van der Waals surface area contributed by atoms with E-state index in [4.69, 9.17) is 9.57 Å².